The summed E-state index contributed by atoms with van der Waals surface area (Å²) >= 11 is 0. The van der Waals surface area contributed by atoms with E-state index < -0.39 is 16.1 Å². The van der Waals surface area contributed by atoms with E-state index in [0.29, 0.717) is 23.4 Å². The highest BCUT2D eigenvalue weighted by Gasteiger charge is 2.32. The summed E-state index contributed by atoms with van der Waals surface area (Å²) in [6.45, 7) is 6.02. The Balaban J connectivity index is 1.97. The van der Waals surface area contributed by atoms with Gasteiger partial charge in [-0.1, -0.05) is 17.7 Å². The minimum absolute atomic E-state index is 0.0288. The van der Waals surface area contributed by atoms with Gasteiger partial charge in [0.25, 0.3) is 10.0 Å². The van der Waals surface area contributed by atoms with Gasteiger partial charge in [-0.2, -0.15) is 0 Å². The molecule has 25 heavy (non-hydrogen) atoms. The minimum Gasteiger partial charge on any atom is -0.491 e. The smallest absolute Gasteiger partial charge is 0.264 e. The fourth-order valence-corrected chi connectivity index (χ4v) is 4.53. The van der Waals surface area contributed by atoms with Crippen LogP contribution < -0.4 is 9.04 Å². The molecule has 0 saturated heterocycles. The van der Waals surface area contributed by atoms with Crippen molar-refractivity contribution in [3.63, 3.8) is 0 Å². The van der Waals surface area contributed by atoms with E-state index in [1.807, 2.05) is 32.9 Å². The highest BCUT2D eigenvalue weighted by Crippen LogP contribution is 2.37. The van der Waals surface area contributed by atoms with Gasteiger partial charge in [0, 0.05) is 12.1 Å². The Kier molecular flexibility index (Phi) is 4.75. The number of hydrogen-bond donors (Lipinski definition) is 1. The second kappa shape index (κ2) is 6.69. The van der Waals surface area contributed by atoms with E-state index in [2.05, 4.69) is 0 Å². The molecule has 1 aliphatic heterocycles. The molecule has 0 aliphatic carbocycles. The van der Waals surface area contributed by atoms with Crippen molar-refractivity contribution in [2.45, 2.75) is 44.3 Å². The third kappa shape index (κ3) is 3.50. The topological polar surface area (TPSA) is 66.8 Å². The zero-order valence-corrected chi connectivity index (χ0v) is 15.5. The third-order valence-electron chi connectivity index (χ3n) is 4.20. The molecule has 5 nitrogen and oxygen atoms in total. The van der Waals surface area contributed by atoms with Crippen LogP contribution in [0.2, 0.25) is 0 Å². The lowest BCUT2D eigenvalue weighted by Crippen LogP contribution is -2.36. The first-order valence-corrected chi connectivity index (χ1v) is 9.81. The van der Waals surface area contributed by atoms with Crippen LogP contribution in [0.3, 0.4) is 0 Å². The molecule has 2 aromatic rings. The maximum atomic E-state index is 13.1. The van der Waals surface area contributed by atoms with Crippen LogP contribution in [0.4, 0.5) is 5.69 Å². The summed E-state index contributed by atoms with van der Waals surface area (Å²) in [5, 5.41) is 10.2. The van der Waals surface area contributed by atoms with Crippen molar-refractivity contribution in [2.75, 3.05) is 10.8 Å². The van der Waals surface area contributed by atoms with Crippen molar-refractivity contribution in [3.8, 4) is 5.75 Å². The van der Waals surface area contributed by atoms with E-state index in [4.69, 9.17) is 4.74 Å². The summed E-state index contributed by atoms with van der Waals surface area (Å²) in [5.74, 6) is 0.638. The number of fused-ring (bicyclic) bond motifs is 1. The van der Waals surface area contributed by atoms with Gasteiger partial charge in [-0.25, -0.2) is 8.42 Å². The second-order valence-corrected chi connectivity index (χ2v) is 8.44. The monoisotopic (exact) mass is 361 g/mol. The average Bonchev–Trinajstić information content (AvgIpc) is 2.55. The van der Waals surface area contributed by atoms with Crippen LogP contribution >= 0.6 is 0 Å². The van der Waals surface area contributed by atoms with Crippen LogP contribution in [0.25, 0.3) is 0 Å². The number of benzene rings is 2. The van der Waals surface area contributed by atoms with Crippen LogP contribution in [0.1, 0.15) is 37.5 Å². The largest absolute Gasteiger partial charge is 0.491 e. The summed E-state index contributed by atoms with van der Waals surface area (Å²) in [4.78, 5) is 0.214. The summed E-state index contributed by atoms with van der Waals surface area (Å²) in [7, 11) is -3.69. The summed E-state index contributed by atoms with van der Waals surface area (Å²) in [6, 6.07) is 11.9. The molecule has 0 bridgehead atoms. The maximum Gasteiger partial charge on any atom is 0.264 e. The number of aliphatic hydroxyl groups is 1. The molecule has 1 atom stereocenters. The minimum atomic E-state index is -3.69. The molecular weight excluding hydrogens is 338 g/mol. The number of anilines is 1. The number of hydrogen-bond acceptors (Lipinski definition) is 4. The van der Waals surface area contributed by atoms with Gasteiger partial charge in [0.1, 0.15) is 5.75 Å². The molecule has 3 rings (SSSR count). The first-order valence-electron chi connectivity index (χ1n) is 8.37. The Hall–Kier alpha value is -2.05. The normalized spacial score (nSPS) is 17.5. The van der Waals surface area contributed by atoms with Gasteiger partial charge < -0.3 is 9.84 Å². The van der Waals surface area contributed by atoms with Crippen LogP contribution in [0, 0.1) is 6.92 Å². The lowest BCUT2D eigenvalue weighted by Gasteiger charge is -2.33. The zero-order valence-electron chi connectivity index (χ0n) is 14.6. The number of ether oxygens (including phenoxy) is 1. The van der Waals surface area contributed by atoms with Crippen LogP contribution in [0.5, 0.6) is 5.75 Å². The molecule has 2 aromatic carbocycles. The first kappa shape index (κ1) is 17.8. The number of nitrogens with zero attached hydrogens (tertiary/aromatic N) is 1. The molecule has 1 aliphatic rings. The van der Waals surface area contributed by atoms with Gasteiger partial charge in [-0.05, 0) is 57.5 Å². The molecule has 1 heterocycles. The first-order chi connectivity index (χ1) is 11.8. The summed E-state index contributed by atoms with van der Waals surface area (Å²) in [6.07, 6.45) is -0.228. The van der Waals surface area contributed by atoms with Crippen molar-refractivity contribution < 1.29 is 18.3 Å². The van der Waals surface area contributed by atoms with E-state index in [9.17, 15) is 13.5 Å². The van der Waals surface area contributed by atoms with Gasteiger partial charge in [0.2, 0.25) is 0 Å². The fraction of sp³-hybridized carbons (Fsp3) is 0.368. The van der Waals surface area contributed by atoms with Gasteiger partial charge in [0.15, 0.2) is 0 Å². The zero-order chi connectivity index (χ0) is 18.2. The van der Waals surface area contributed by atoms with E-state index in [0.717, 1.165) is 5.56 Å². The molecule has 1 unspecified atom stereocenters. The molecule has 0 amide bonds. The Morgan fingerprint density at radius 1 is 1.16 bits per heavy atom. The van der Waals surface area contributed by atoms with Gasteiger partial charge >= 0.3 is 0 Å². The van der Waals surface area contributed by atoms with E-state index in [-0.39, 0.29) is 17.5 Å². The second-order valence-electron chi connectivity index (χ2n) is 6.58. The Bertz CT molecular complexity index is 859. The molecule has 134 valence electrons. The standard InChI is InChI=1S/C19H23NO4S/c1-13(2)24-15-5-7-16(8-6-15)25(22,23)20-11-10-19(21)17-12-14(3)4-9-18(17)20/h4-9,12-13,19,21H,10-11H2,1-3H3. The Labute approximate surface area is 148 Å². The molecule has 0 fully saturated rings. The Morgan fingerprint density at radius 3 is 2.48 bits per heavy atom. The highest BCUT2D eigenvalue weighted by atomic mass is 32.2. The SMILES string of the molecule is Cc1ccc2c(c1)C(O)CCN2S(=O)(=O)c1ccc(OC(C)C)cc1. The van der Waals surface area contributed by atoms with Gasteiger partial charge in [0.05, 0.1) is 22.8 Å². The van der Waals surface area contributed by atoms with Crippen molar-refractivity contribution >= 4 is 15.7 Å². The number of rotatable bonds is 4. The lowest BCUT2D eigenvalue weighted by molar-refractivity contribution is 0.166. The molecule has 6 heteroatoms. The predicted molar refractivity (Wildman–Crippen MR) is 97.5 cm³/mol. The number of aliphatic hydroxyl groups excluding tert-OH is 1. The predicted octanol–water partition coefficient (Wildman–Crippen LogP) is 3.41. The van der Waals surface area contributed by atoms with Crippen LogP contribution in [0.15, 0.2) is 47.4 Å². The summed E-state index contributed by atoms with van der Waals surface area (Å²) < 4.78 is 33.1. The maximum absolute atomic E-state index is 13.1. The van der Waals surface area contributed by atoms with Gasteiger partial charge in [-0.3, -0.25) is 4.31 Å². The van der Waals surface area contributed by atoms with Crippen molar-refractivity contribution in [1.29, 1.82) is 0 Å². The van der Waals surface area contributed by atoms with Gasteiger partial charge in [-0.15, -0.1) is 0 Å². The third-order valence-corrected chi connectivity index (χ3v) is 6.03. The molecule has 0 spiro atoms. The molecular formula is C19H23NO4S. The number of sulfonamides is 1. The summed E-state index contributed by atoms with van der Waals surface area (Å²) in [5.41, 5.74) is 2.20. The molecule has 0 saturated carbocycles. The quantitative estimate of drug-likeness (QED) is 0.906. The molecule has 1 N–H and O–H groups in total. The van der Waals surface area contributed by atoms with E-state index in [1.165, 1.54) is 4.31 Å². The average molecular weight is 361 g/mol. The van der Waals surface area contributed by atoms with Crippen molar-refractivity contribution in [2.24, 2.45) is 0 Å². The van der Waals surface area contributed by atoms with E-state index in [1.54, 1.807) is 30.3 Å². The highest BCUT2D eigenvalue weighted by molar-refractivity contribution is 7.92. The molecule has 0 radical (unpaired) electrons. The molecule has 0 aromatic heterocycles. The van der Waals surface area contributed by atoms with Crippen LogP contribution in [-0.4, -0.2) is 26.2 Å². The fourth-order valence-electron chi connectivity index (χ4n) is 3.02. The van der Waals surface area contributed by atoms with Crippen molar-refractivity contribution in [3.05, 3.63) is 53.6 Å². The Morgan fingerprint density at radius 2 is 1.84 bits per heavy atom. The van der Waals surface area contributed by atoms with Crippen LogP contribution in [-0.2, 0) is 10.0 Å². The van der Waals surface area contributed by atoms with Crippen molar-refractivity contribution in [1.82, 2.24) is 0 Å². The lowest BCUT2D eigenvalue weighted by atomic mass is 9.99. The van der Waals surface area contributed by atoms with E-state index >= 15 is 0 Å². The number of aryl methyl sites for hydroxylation is 1.